The molecule has 3 aromatic heterocycles. The Morgan fingerprint density at radius 2 is 1.86 bits per heavy atom. The number of thiazole rings is 2. The molecule has 0 saturated carbocycles. The van der Waals surface area contributed by atoms with Crippen LogP contribution in [0.15, 0.2) is 53.5 Å². The molecule has 0 atom stereocenters. The van der Waals surface area contributed by atoms with Gasteiger partial charge in [-0.1, -0.05) is 55.0 Å². The smallest absolute Gasteiger partial charge is 0.357 e. The van der Waals surface area contributed by atoms with E-state index in [-0.39, 0.29) is 24.7 Å². The molecule has 0 bridgehead atoms. The number of anilines is 2. The average molecular weight is 834 g/mol. The molecule has 0 unspecified atom stereocenters. The maximum absolute atomic E-state index is 14.8. The van der Waals surface area contributed by atoms with Crippen molar-refractivity contribution in [1.82, 2.24) is 24.6 Å². The lowest BCUT2D eigenvalue weighted by molar-refractivity contribution is 0.0593. The second-order valence-electron chi connectivity index (χ2n) is 14.9. The van der Waals surface area contributed by atoms with E-state index in [9.17, 15) is 14.3 Å². The molecule has 57 heavy (non-hydrogen) atoms. The summed E-state index contributed by atoms with van der Waals surface area (Å²) in [7, 11) is 3.92. The summed E-state index contributed by atoms with van der Waals surface area (Å²) in [6.07, 6.45) is 2.16. The van der Waals surface area contributed by atoms with Crippen LogP contribution in [0.5, 0.6) is 5.75 Å². The zero-order valence-electron chi connectivity index (χ0n) is 33.8. The Hall–Kier alpha value is -4.50. The monoisotopic (exact) mass is 833 g/mol. The number of aromatic nitrogens is 4. The standard InChI is InChI=1S/C41H52FN7O5S2Si/c1-29-26-36(45-46-38(29)44-41-49(28-53-24-25-57(5,6)7)32-15-8-9-16-34(32)55-41)48(21-10-11-22-50)40-43-37(39(51)52-4)35(56-40)17-13-23-54-33-19-18-30(27-31(33)42)14-12-20-47(2)3/h8-9,15-16,18-19,26-27,50H,10-11,13,17,20-25,28H2,1-7H3. The number of aliphatic hydroxyl groups excluding tert-OH is 1. The van der Waals surface area contributed by atoms with E-state index in [1.807, 2.05) is 49.0 Å². The number of hydrogen-bond donors (Lipinski definition) is 1. The molecule has 0 aliphatic rings. The molecule has 1 N–H and O–H groups in total. The van der Waals surface area contributed by atoms with Gasteiger partial charge in [0.05, 0.1) is 30.5 Å². The van der Waals surface area contributed by atoms with E-state index in [2.05, 4.69) is 58.4 Å². The van der Waals surface area contributed by atoms with E-state index in [1.54, 1.807) is 23.5 Å². The van der Waals surface area contributed by atoms with E-state index in [0.29, 0.717) is 79.3 Å². The minimum atomic E-state index is -1.24. The Kier molecular flexibility index (Phi) is 15.9. The lowest BCUT2D eigenvalue weighted by atomic mass is 10.2. The predicted octanol–water partition coefficient (Wildman–Crippen LogP) is 7.56. The number of unbranched alkanes of at least 4 members (excludes halogenated alkanes) is 1. The summed E-state index contributed by atoms with van der Waals surface area (Å²) in [6.45, 7) is 11.3. The van der Waals surface area contributed by atoms with E-state index in [4.69, 9.17) is 24.2 Å². The van der Waals surface area contributed by atoms with Gasteiger partial charge in [0, 0.05) is 38.3 Å². The maximum atomic E-state index is 14.8. The summed E-state index contributed by atoms with van der Waals surface area (Å²) in [5.74, 6) is 6.07. The third kappa shape index (κ3) is 12.5. The number of aryl methyl sites for hydroxylation is 2. The number of carbonyl (C=O) groups is 1. The van der Waals surface area contributed by atoms with Crippen LogP contribution in [0, 0.1) is 24.6 Å². The molecule has 0 amide bonds. The molecule has 0 spiro atoms. The number of hydrogen-bond acceptors (Lipinski definition) is 13. The van der Waals surface area contributed by atoms with Crippen LogP contribution in [0.25, 0.3) is 10.2 Å². The third-order valence-electron chi connectivity index (χ3n) is 8.68. The maximum Gasteiger partial charge on any atom is 0.357 e. The minimum absolute atomic E-state index is 0.0388. The molecule has 12 nitrogen and oxygen atoms in total. The Bertz CT molecular complexity index is 2260. The van der Waals surface area contributed by atoms with Crippen LogP contribution >= 0.6 is 22.7 Å². The average Bonchev–Trinajstić information content (AvgIpc) is 3.75. The Labute approximate surface area is 343 Å². The predicted molar refractivity (Wildman–Crippen MR) is 228 cm³/mol. The van der Waals surface area contributed by atoms with Crippen LogP contribution in [0.2, 0.25) is 25.7 Å². The summed E-state index contributed by atoms with van der Waals surface area (Å²) in [5.41, 5.74) is 2.63. The van der Waals surface area contributed by atoms with Gasteiger partial charge < -0.3 is 24.2 Å². The molecule has 16 heteroatoms. The van der Waals surface area contributed by atoms with Crippen molar-refractivity contribution in [2.24, 2.45) is 4.99 Å². The fraction of sp³-hybridized carbons (Fsp3) is 0.439. The number of carbonyl (C=O) groups excluding carboxylic acids is 1. The Balaban J connectivity index is 1.36. The van der Waals surface area contributed by atoms with Crippen LogP contribution < -0.4 is 14.4 Å². The molecular weight excluding hydrogens is 782 g/mol. The molecule has 5 aromatic rings. The fourth-order valence-corrected chi connectivity index (χ4v) is 8.44. The molecule has 0 fully saturated rings. The zero-order chi connectivity index (χ0) is 41.0. The first-order chi connectivity index (χ1) is 27.4. The van der Waals surface area contributed by atoms with Crippen LogP contribution in [0.1, 0.15) is 45.8 Å². The van der Waals surface area contributed by atoms with Crippen molar-refractivity contribution < 1.29 is 28.5 Å². The molecule has 304 valence electrons. The lowest BCUT2D eigenvalue weighted by Gasteiger charge is -2.20. The van der Waals surface area contributed by atoms with Crippen molar-refractivity contribution in [1.29, 1.82) is 0 Å². The lowest BCUT2D eigenvalue weighted by Crippen LogP contribution is -2.23. The van der Waals surface area contributed by atoms with Gasteiger partial charge in [0.1, 0.15) is 6.73 Å². The Morgan fingerprint density at radius 1 is 1.05 bits per heavy atom. The van der Waals surface area contributed by atoms with Crippen LogP contribution in [0.3, 0.4) is 0 Å². The van der Waals surface area contributed by atoms with Crippen molar-refractivity contribution in [3.63, 3.8) is 0 Å². The van der Waals surface area contributed by atoms with Gasteiger partial charge in [-0.2, -0.15) is 4.99 Å². The number of esters is 1. The fourth-order valence-electron chi connectivity index (χ4n) is 5.54. The third-order valence-corrected chi connectivity index (χ3v) is 12.6. The quantitative estimate of drug-likeness (QED) is 0.0386. The van der Waals surface area contributed by atoms with E-state index >= 15 is 0 Å². The first-order valence-corrected chi connectivity index (χ1v) is 24.3. The normalized spacial score (nSPS) is 11.9. The van der Waals surface area contributed by atoms with Crippen LogP contribution in [0.4, 0.5) is 21.2 Å². The SMILES string of the molecule is COC(=O)c1nc(N(CCCCO)c2cc(C)c(N=c3sc4ccccc4n3COCC[Si](C)(C)C)nn2)sc1CCCOc1ccc(C#CCN(C)C)cc1F. The summed E-state index contributed by atoms with van der Waals surface area (Å²) in [4.78, 5) is 27.9. The summed E-state index contributed by atoms with van der Waals surface area (Å²) in [5, 5.41) is 19.3. The molecule has 0 aliphatic heterocycles. The number of methoxy groups -OCH3 is 1. The van der Waals surface area contributed by atoms with Crippen molar-refractivity contribution in [3.8, 4) is 17.6 Å². The van der Waals surface area contributed by atoms with E-state index in [1.165, 1.54) is 24.5 Å². The van der Waals surface area contributed by atoms with Crippen molar-refractivity contribution >= 4 is 63.7 Å². The second-order valence-corrected chi connectivity index (χ2v) is 22.6. The number of halogens is 1. The number of benzene rings is 2. The zero-order valence-corrected chi connectivity index (χ0v) is 36.4. The van der Waals surface area contributed by atoms with Crippen molar-refractivity contribution in [2.45, 2.75) is 65.0 Å². The molecule has 5 rings (SSSR count). The van der Waals surface area contributed by atoms with Crippen molar-refractivity contribution in [3.05, 3.63) is 80.8 Å². The van der Waals surface area contributed by atoms with Gasteiger partial charge in [-0.25, -0.2) is 14.2 Å². The Morgan fingerprint density at radius 3 is 2.58 bits per heavy atom. The molecule has 0 radical (unpaired) electrons. The van der Waals surface area contributed by atoms with Gasteiger partial charge in [0.2, 0.25) is 0 Å². The molecule has 0 saturated heterocycles. The number of rotatable bonds is 19. The molecule has 3 heterocycles. The summed E-state index contributed by atoms with van der Waals surface area (Å²) < 4.78 is 35.0. The number of para-hydroxylation sites is 1. The number of aliphatic hydroxyl groups is 1. The highest BCUT2D eigenvalue weighted by Gasteiger charge is 2.24. The molecular formula is C41H52FN7O5S2Si. The van der Waals surface area contributed by atoms with Gasteiger partial charge >= 0.3 is 5.97 Å². The largest absolute Gasteiger partial charge is 0.491 e. The van der Waals surface area contributed by atoms with Gasteiger partial charge in [0.15, 0.2) is 38.8 Å². The van der Waals surface area contributed by atoms with Crippen LogP contribution in [-0.4, -0.2) is 97.9 Å². The minimum Gasteiger partial charge on any atom is -0.491 e. The first kappa shape index (κ1) is 43.6. The van der Waals surface area contributed by atoms with E-state index < -0.39 is 19.9 Å². The first-order valence-electron chi connectivity index (χ1n) is 18.9. The van der Waals surface area contributed by atoms with E-state index in [0.717, 1.165) is 26.6 Å². The topological polar surface area (TPSA) is 127 Å². The number of ether oxygens (including phenoxy) is 3. The van der Waals surface area contributed by atoms with Crippen LogP contribution in [-0.2, 0) is 22.6 Å². The van der Waals surface area contributed by atoms with Gasteiger partial charge in [0.25, 0.3) is 0 Å². The van der Waals surface area contributed by atoms with Gasteiger partial charge in [-0.05, 0) is 94.7 Å². The van der Waals surface area contributed by atoms with Gasteiger partial charge in [-0.15, -0.1) is 21.5 Å². The highest BCUT2D eigenvalue weighted by Crippen LogP contribution is 2.34. The number of nitrogens with zero attached hydrogens (tertiary/aromatic N) is 7. The summed E-state index contributed by atoms with van der Waals surface area (Å²) >= 11 is 2.92. The second kappa shape index (κ2) is 20.8. The highest BCUT2D eigenvalue weighted by molar-refractivity contribution is 7.16. The van der Waals surface area contributed by atoms with Crippen molar-refractivity contribution in [2.75, 3.05) is 59.0 Å². The summed E-state index contributed by atoms with van der Waals surface area (Å²) in [6, 6.07) is 15.8. The molecule has 0 aliphatic carbocycles. The molecule has 2 aromatic carbocycles. The number of fused-ring (bicyclic) bond motifs is 1. The highest BCUT2D eigenvalue weighted by atomic mass is 32.1. The van der Waals surface area contributed by atoms with Gasteiger partial charge in [-0.3, -0.25) is 9.47 Å².